The van der Waals surface area contributed by atoms with E-state index in [1.165, 1.54) is 38.5 Å². The van der Waals surface area contributed by atoms with Gasteiger partial charge in [-0.3, -0.25) is 0 Å². The van der Waals surface area contributed by atoms with E-state index in [4.69, 9.17) is 0 Å². The molecule has 3 fully saturated rings. The molecule has 1 heteroatoms. The average molecular weight is 166 g/mol. The summed E-state index contributed by atoms with van der Waals surface area (Å²) in [5.74, 6) is 2.31. The van der Waals surface area contributed by atoms with E-state index in [0.29, 0.717) is 11.8 Å². The lowest BCUT2D eigenvalue weighted by Gasteiger charge is -2.43. The molecule has 1 N–H and O–H groups in total. The molecule has 0 unspecified atom stereocenters. The van der Waals surface area contributed by atoms with E-state index in [2.05, 4.69) is 0 Å². The Kier molecular flexibility index (Phi) is 1.39. The van der Waals surface area contributed by atoms with Crippen molar-refractivity contribution in [2.45, 2.75) is 50.5 Å². The molecule has 3 rings (SSSR count). The maximum atomic E-state index is 10.5. The number of hydrogen-bond donors (Lipinski definition) is 1. The second kappa shape index (κ2) is 2.25. The van der Waals surface area contributed by atoms with Crippen molar-refractivity contribution in [3.63, 3.8) is 0 Å². The molecule has 0 aromatic heterocycles. The summed E-state index contributed by atoms with van der Waals surface area (Å²) < 4.78 is 0. The van der Waals surface area contributed by atoms with Crippen LogP contribution in [0.4, 0.5) is 0 Å². The van der Waals surface area contributed by atoms with Crippen LogP contribution in [0.15, 0.2) is 0 Å². The highest BCUT2D eigenvalue weighted by Gasteiger charge is 2.57. The number of fused-ring (bicyclic) bond motifs is 3. The zero-order valence-electron chi connectivity index (χ0n) is 7.63. The predicted octanol–water partition coefficient (Wildman–Crippen LogP) is 2.34. The molecule has 12 heavy (non-hydrogen) atoms. The second-order valence-electron chi connectivity index (χ2n) is 5.11. The minimum Gasteiger partial charge on any atom is -0.389 e. The highest BCUT2D eigenvalue weighted by atomic mass is 16.3. The molecule has 0 spiro atoms. The number of rotatable bonds is 0. The largest absolute Gasteiger partial charge is 0.389 e. The van der Waals surface area contributed by atoms with Crippen molar-refractivity contribution in [3.8, 4) is 0 Å². The Labute approximate surface area is 74.2 Å². The first kappa shape index (κ1) is 7.37. The topological polar surface area (TPSA) is 20.2 Å². The van der Waals surface area contributed by atoms with Gasteiger partial charge in [-0.25, -0.2) is 0 Å². The second-order valence-corrected chi connectivity index (χ2v) is 5.11. The number of aliphatic hydroxyl groups is 1. The summed E-state index contributed by atoms with van der Waals surface area (Å²) in [7, 11) is 0. The standard InChI is InChI=1S/C11H18O/c12-11-6-2-1-3-9(11)7-8-4-5-10(8)11/h8-10,12H,1-7H2/t8-,9-,10+,11-/m1/s1. The molecule has 0 aromatic rings. The van der Waals surface area contributed by atoms with Crippen molar-refractivity contribution in [2.24, 2.45) is 17.8 Å². The van der Waals surface area contributed by atoms with E-state index in [-0.39, 0.29) is 5.60 Å². The lowest BCUT2D eigenvalue weighted by atomic mass is 9.67. The van der Waals surface area contributed by atoms with Crippen LogP contribution < -0.4 is 0 Å². The summed E-state index contributed by atoms with van der Waals surface area (Å²) >= 11 is 0. The van der Waals surface area contributed by atoms with E-state index in [1.54, 1.807) is 0 Å². The molecule has 0 radical (unpaired) electrons. The van der Waals surface area contributed by atoms with E-state index in [0.717, 1.165) is 12.3 Å². The van der Waals surface area contributed by atoms with Gasteiger partial charge in [-0.15, -0.1) is 0 Å². The minimum absolute atomic E-state index is 0.193. The molecule has 1 nitrogen and oxygen atoms in total. The molecule has 0 heterocycles. The quantitative estimate of drug-likeness (QED) is 0.585. The van der Waals surface area contributed by atoms with Gasteiger partial charge in [-0.05, 0) is 49.9 Å². The Hall–Kier alpha value is -0.0400. The molecule has 68 valence electrons. The highest BCUT2D eigenvalue weighted by molar-refractivity contribution is 5.08. The monoisotopic (exact) mass is 166 g/mol. The molecule has 3 saturated carbocycles. The van der Waals surface area contributed by atoms with Crippen molar-refractivity contribution in [1.82, 2.24) is 0 Å². The maximum absolute atomic E-state index is 10.5. The van der Waals surface area contributed by atoms with E-state index >= 15 is 0 Å². The van der Waals surface area contributed by atoms with Crippen LogP contribution >= 0.6 is 0 Å². The predicted molar refractivity (Wildman–Crippen MR) is 47.7 cm³/mol. The van der Waals surface area contributed by atoms with Gasteiger partial charge in [-0.1, -0.05) is 12.8 Å². The normalized spacial score (nSPS) is 57.2. The van der Waals surface area contributed by atoms with Gasteiger partial charge in [0.15, 0.2) is 0 Å². The van der Waals surface area contributed by atoms with Crippen LogP contribution in [0.3, 0.4) is 0 Å². The molecule has 0 amide bonds. The minimum atomic E-state index is -0.193. The van der Waals surface area contributed by atoms with E-state index < -0.39 is 0 Å². The SMILES string of the molecule is O[C@]12CCCC[C@@H]1C[C@H]1CC[C@@H]12. The van der Waals surface area contributed by atoms with Crippen LogP contribution in [-0.2, 0) is 0 Å². The van der Waals surface area contributed by atoms with Gasteiger partial charge < -0.3 is 5.11 Å². The molecular formula is C11H18O. The van der Waals surface area contributed by atoms with Gasteiger partial charge in [-0.2, -0.15) is 0 Å². The third kappa shape index (κ3) is 0.736. The Bertz CT molecular complexity index is 201. The lowest BCUT2D eigenvalue weighted by molar-refractivity contribution is -0.0858. The summed E-state index contributed by atoms with van der Waals surface area (Å²) in [5.41, 5.74) is -0.193. The fourth-order valence-corrected chi connectivity index (χ4v) is 3.94. The summed E-state index contributed by atoms with van der Waals surface area (Å²) in [4.78, 5) is 0. The Morgan fingerprint density at radius 1 is 1.08 bits per heavy atom. The van der Waals surface area contributed by atoms with E-state index in [1.807, 2.05) is 0 Å². The van der Waals surface area contributed by atoms with Gasteiger partial charge in [0, 0.05) is 0 Å². The lowest BCUT2D eigenvalue weighted by Crippen LogP contribution is -2.45. The summed E-state index contributed by atoms with van der Waals surface area (Å²) in [6.45, 7) is 0. The third-order valence-electron chi connectivity index (χ3n) is 4.73. The summed E-state index contributed by atoms with van der Waals surface area (Å²) in [5, 5.41) is 10.5. The van der Waals surface area contributed by atoms with Crippen molar-refractivity contribution in [3.05, 3.63) is 0 Å². The molecule has 0 saturated heterocycles. The Morgan fingerprint density at radius 2 is 2.00 bits per heavy atom. The molecule has 3 aliphatic rings. The molecule has 0 aliphatic heterocycles. The van der Waals surface area contributed by atoms with Gasteiger partial charge in [0.1, 0.15) is 0 Å². The van der Waals surface area contributed by atoms with Gasteiger partial charge in [0.2, 0.25) is 0 Å². The average Bonchev–Trinajstić information content (AvgIpc) is 2.18. The smallest absolute Gasteiger partial charge is 0.0706 e. The fraction of sp³-hybridized carbons (Fsp3) is 1.00. The summed E-state index contributed by atoms with van der Waals surface area (Å²) in [6, 6.07) is 0. The first-order valence-electron chi connectivity index (χ1n) is 5.53. The Balaban J connectivity index is 1.89. The zero-order valence-corrected chi connectivity index (χ0v) is 7.63. The van der Waals surface area contributed by atoms with Gasteiger partial charge >= 0.3 is 0 Å². The van der Waals surface area contributed by atoms with Crippen LogP contribution in [-0.4, -0.2) is 10.7 Å². The first-order valence-corrected chi connectivity index (χ1v) is 5.53. The molecular weight excluding hydrogens is 148 g/mol. The van der Waals surface area contributed by atoms with Crippen LogP contribution in [0.5, 0.6) is 0 Å². The van der Waals surface area contributed by atoms with Gasteiger partial charge in [0.05, 0.1) is 5.60 Å². The van der Waals surface area contributed by atoms with Crippen LogP contribution in [0.25, 0.3) is 0 Å². The fourth-order valence-electron chi connectivity index (χ4n) is 3.94. The highest BCUT2D eigenvalue weighted by Crippen LogP contribution is 2.59. The Morgan fingerprint density at radius 3 is 2.75 bits per heavy atom. The van der Waals surface area contributed by atoms with Crippen LogP contribution in [0, 0.1) is 17.8 Å². The number of hydrogen-bond acceptors (Lipinski definition) is 1. The first-order chi connectivity index (χ1) is 5.81. The zero-order chi connectivity index (χ0) is 8.18. The molecule has 0 aromatic carbocycles. The molecule has 4 atom stereocenters. The third-order valence-corrected chi connectivity index (χ3v) is 4.73. The summed E-state index contributed by atoms with van der Waals surface area (Å²) in [6.07, 6.45) is 9.13. The van der Waals surface area contributed by atoms with E-state index in [9.17, 15) is 5.11 Å². The van der Waals surface area contributed by atoms with Crippen molar-refractivity contribution < 1.29 is 5.11 Å². The van der Waals surface area contributed by atoms with Gasteiger partial charge in [0.25, 0.3) is 0 Å². The van der Waals surface area contributed by atoms with Crippen molar-refractivity contribution >= 4 is 0 Å². The maximum Gasteiger partial charge on any atom is 0.0706 e. The van der Waals surface area contributed by atoms with Crippen molar-refractivity contribution in [2.75, 3.05) is 0 Å². The molecule has 3 aliphatic carbocycles. The van der Waals surface area contributed by atoms with Crippen LogP contribution in [0.1, 0.15) is 44.9 Å². The van der Waals surface area contributed by atoms with Crippen LogP contribution in [0.2, 0.25) is 0 Å². The van der Waals surface area contributed by atoms with Crippen molar-refractivity contribution in [1.29, 1.82) is 0 Å². The molecule has 0 bridgehead atoms.